The number of nitrogens with one attached hydrogen (secondary N) is 1. The van der Waals surface area contributed by atoms with Gasteiger partial charge in [-0.05, 0) is 50.6 Å². The maximum atomic E-state index is 13.0. The highest BCUT2D eigenvalue weighted by Crippen LogP contribution is 2.22. The molecule has 0 bridgehead atoms. The number of nitrogens with zero attached hydrogens (tertiary/aromatic N) is 2. The number of carbonyl (C=O) groups excluding carboxylic acids is 1. The Morgan fingerprint density at radius 3 is 2.40 bits per heavy atom. The molecule has 2 heterocycles. The van der Waals surface area contributed by atoms with Crippen molar-refractivity contribution in [3.05, 3.63) is 30.1 Å². The standard InChI is InChI=1S/C17H24FN3O3S/c1-13-12-14(6-7-19-13)17(22)20-8-10-21(11-9-20)25(23,24)16-4-2-15(18)3-5-16/h2-5,13-14,19H,6-12H2,1H3/t13-,14-/m0/s1. The Bertz CT molecular complexity index is 715. The maximum Gasteiger partial charge on any atom is 0.243 e. The minimum absolute atomic E-state index is 0.0245. The van der Waals surface area contributed by atoms with E-state index in [1.165, 1.54) is 16.4 Å². The Morgan fingerprint density at radius 2 is 1.80 bits per heavy atom. The van der Waals surface area contributed by atoms with Gasteiger partial charge in [0.15, 0.2) is 0 Å². The molecule has 2 fully saturated rings. The van der Waals surface area contributed by atoms with Crippen molar-refractivity contribution in [3.63, 3.8) is 0 Å². The third-order valence-corrected chi connectivity index (χ3v) is 6.89. The molecular formula is C17H24FN3O3S. The van der Waals surface area contributed by atoms with Gasteiger partial charge in [-0.3, -0.25) is 4.79 Å². The monoisotopic (exact) mass is 369 g/mol. The van der Waals surface area contributed by atoms with Gasteiger partial charge in [0.1, 0.15) is 5.82 Å². The second-order valence-electron chi connectivity index (χ2n) is 6.76. The molecule has 0 aliphatic carbocycles. The molecular weight excluding hydrogens is 345 g/mol. The summed E-state index contributed by atoms with van der Waals surface area (Å²) in [6.07, 6.45) is 1.66. The zero-order valence-corrected chi connectivity index (χ0v) is 15.1. The van der Waals surface area contributed by atoms with Crippen LogP contribution in [0.15, 0.2) is 29.2 Å². The first-order valence-electron chi connectivity index (χ1n) is 8.66. The first-order chi connectivity index (χ1) is 11.9. The van der Waals surface area contributed by atoms with E-state index >= 15 is 0 Å². The van der Waals surface area contributed by atoms with Gasteiger partial charge in [-0.1, -0.05) is 0 Å². The minimum Gasteiger partial charge on any atom is -0.340 e. The molecule has 2 atom stereocenters. The van der Waals surface area contributed by atoms with E-state index in [-0.39, 0.29) is 29.8 Å². The van der Waals surface area contributed by atoms with E-state index in [2.05, 4.69) is 12.2 Å². The molecule has 25 heavy (non-hydrogen) atoms. The predicted octanol–water partition coefficient (Wildman–Crippen LogP) is 1.05. The molecule has 0 unspecified atom stereocenters. The van der Waals surface area contributed by atoms with E-state index in [0.717, 1.165) is 31.5 Å². The van der Waals surface area contributed by atoms with Crippen molar-refractivity contribution in [3.8, 4) is 0 Å². The zero-order valence-electron chi connectivity index (χ0n) is 14.3. The number of sulfonamides is 1. The van der Waals surface area contributed by atoms with Gasteiger partial charge in [-0.2, -0.15) is 4.31 Å². The second kappa shape index (κ2) is 7.39. The van der Waals surface area contributed by atoms with Crippen molar-refractivity contribution < 1.29 is 17.6 Å². The van der Waals surface area contributed by atoms with E-state index in [1.807, 2.05) is 0 Å². The number of piperidine rings is 1. The molecule has 0 aromatic heterocycles. The first kappa shape index (κ1) is 18.3. The summed E-state index contributed by atoms with van der Waals surface area (Å²) >= 11 is 0. The Kier molecular flexibility index (Phi) is 5.41. The second-order valence-corrected chi connectivity index (χ2v) is 8.70. The van der Waals surface area contributed by atoms with Crippen molar-refractivity contribution in [2.45, 2.75) is 30.7 Å². The van der Waals surface area contributed by atoms with Crippen LogP contribution in [0.25, 0.3) is 0 Å². The van der Waals surface area contributed by atoms with Crippen molar-refractivity contribution in [2.24, 2.45) is 5.92 Å². The Labute approximate surface area is 148 Å². The molecule has 1 N–H and O–H groups in total. The summed E-state index contributed by atoms with van der Waals surface area (Å²) in [5.41, 5.74) is 0. The van der Waals surface area contributed by atoms with Crippen LogP contribution in [-0.2, 0) is 14.8 Å². The predicted molar refractivity (Wildman–Crippen MR) is 91.9 cm³/mol. The Hall–Kier alpha value is -1.51. The van der Waals surface area contributed by atoms with Crippen LogP contribution in [0.1, 0.15) is 19.8 Å². The fourth-order valence-electron chi connectivity index (χ4n) is 3.52. The molecule has 1 aromatic rings. The van der Waals surface area contributed by atoms with Gasteiger partial charge in [0.2, 0.25) is 15.9 Å². The lowest BCUT2D eigenvalue weighted by Gasteiger charge is -2.37. The van der Waals surface area contributed by atoms with E-state index in [9.17, 15) is 17.6 Å². The fraction of sp³-hybridized carbons (Fsp3) is 0.588. The number of hydrogen-bond acceptors (Lipinski definition) is 4. The third kappa shape index (κ3) is 4.02. The van der Waals surface area contributed by atoms with Gasteiger partial charge < -0.3 is 10.2 Å². The summed E-state index contributed by atoms with van der Waals surface area (Å²) in [6.45, 7) is 4.26. The van der Waals surface area contributed by atoms with E-state index < -0.39 is 15.8 Å². The summed E-state index contributed by atoms with van der Waals surface area (Å²) in [4.78, 5) is 14.5. The largest absolute Gasteiger partial charge is 0.340 e. The highest BCUT2D eigenvalue weighted by molar-refractivity contribution is 7.89. The summed E-state index contributed by atoms with van der Waals surface area (Å²) < 4.78 is 39.6. The lowest BCUT2D eigenvalue weighted by molar-refractivity contribution is -0.137. The molecule has 1 aromatic carbocycles. The van der Waals surface area contributed by atoms with Crippen LogP contribution in [0.2, 0.25) is 0 Å². The van der Waals surface area contributed by atoms with E-state index in [1.54, 1.807) is 4.90 Å². The van der Waals surface area contributed by atoms with Crippen molar-refractivity contribution in [1.82, 2.24) is 14.5 Å². The van der Waals surface area contributed by atoms with Crippen molar-refractivity contribution in [1.29, 1.82) is 0 Å². The smallest absolute Gasteiger partial charge is 0.243 e. The van der Waals surface area contributed by atoms with E-state index in [0.29, 0.717) is 19.1 Å². The molecule has 2 saturated heterocycles. The molecule has 1 amide bonds. The summed E-state index contributed by atoms with van der Waals surface area (Å²) in [5.74, 6) is -0.311. The Morgan fingerprint density at radius 1 is 1.16 bits per heavy atom. The van der Waals surface area contributed by atoms with Gasteiger partial charge in [-0.25, -0.2) is 12.8 Å². The number of halogens is 1. The normalized spacial score (nSPS) is 25.8. The lowest BCUT2D eigenvalue weighted by Crippen LogP contribution is -2.53. The summed E-state index contributed by atoms with van der Waals surface area (Å²) in [6, 6.07) is 5.18. The molecule has 3 rings (SSSR count). The average Bonchev–Trinajstić information content (AvgIpc) is 2.61. The average molecular weight is 369 g/mol. The first-order valence-corrected chi connectivity index (χ1v) is 10.1. The van der Waals surface area contributed by atoms with Crippen LogP contribution in [-0.4, -0.2) is 62.3 Å². The van der Waals surface area contributed by atoms with Crippen LogP contribution in [0.4, 0.5) is 4.39 Å². The molecule has 8 heteroatoms. The third-order valence-electron chi connectivity index (χ3n) is 4.97. The number of hydrogen-bond donors (Lipinski definition) is 1. The van der Waals surface area contributed by atoms with E-state index in [4.69, 9.17) is 0 Å². The summed E-state index contributed by atoms with van der Waals surface area (Å²) in [5, 5.41) is 3.33. The van der Waals surface area contributed by atoms with Crippen LogP contribution >= 0.6 is 0 Å². The van der Waals surface area contributed by atoms with Gasteiger partial charge in [0.05, 0.1) is 4.90 Å². The minimum atomic E-state index is -3.64. The number of piperazine rings is 1. The van der Waals surface area contributed by atoms with Crippen LogP contribution in [0.5, 0.6) is 0 Å². The molecule has 0 spiro atoms. The highest BCUT2D eigenvalue weighted by Gasteiger charge is 2.33. The molecule has 2 aliphatic heterocycles. The number of benzene rings is 1. The van der Waals surface area contributed by atoms with Gasteiger partial charge in [0.25, 0.3) is 0 Å². The summed E-state index contributed by atoms with van der Waals surface area (Å²) in [7, 11) is -3.64. The molecule has 6 nitrogen and oxygen atoms in total. The quantitative estimate of drug-likeness (QED) is 0.865. The molecule has 138 valence electrons. The van der Waals surface area contributed by atoms with Gasteiger partial charge in [-0.15, -0.1) is 0 Å². The van der Waals surface area contributed by atoms with Crippen molar-refractivity contribution >= 4 is 15.9 Å². The molecule has 0 radical (unpaired) electrons. The van der Waals surface area contributed by atoms with Crippen LogP contribution in [0.3, 0.4) is 0 Å². The topological polar surface area (TPSA) is 69.7 Å². The zero-order chi connectivity index (χ0) is 18.0. The fourth-order valence-corrected chi connectivity index (χ4v) is 4.94. The highest BCUT2D eigenvalue weighted by atomic mass is 32.2. The van der Waals surface area contributed by atoms with Gasteiger partial charge in [0, 0.05) is 38.1 Å². The SMILES string of the molecule is C[C@H]1C[C@@H](C(=O)N2CCN(S(=O)(=O)c3ccc(F)cc3)CC2)CCN1. The molecule has 2 aliphatic rings. The number of amides is 1. The number of carbonyl (C=O) groups is 1. The van der Waals surface area contributed by atoms with Crippen LogP contribution < -0.4 is 5.32 Å². The maximum absolute atomic E-state index is 13.0. The molecule has 0 saturated carbocycles. The Balaban J connectivity index is 1.61. The number of rotatable bonds is 3. The van der Waals surface area contributed by atoms with Crippen LogP contribution in [0, 0.1) is 11.7 Å². The van der Waals surface area contributed by atoms with Crippen molar-refractivity contribution in [2.75, 3.05) is 32.7 Å². The van der Waals surface area contributed by atoms with Gasteiger partial charge >= 0.3 is 0 Å². The lowest BCUT2D eigenvalue weighted by atomic mass is 9.92.